The van der Waals surface area contributed by atoms with E-state index in [0.29, 0.717) is 0 Å². The lowest BCUT2D eigenvalue weighted by Gasteiger charge is -2.43. The van der Waals surface area contributed by atoms with Crippen molar-refractivity contribution >= 4 is 23.9 Å². The van der Waals surface area contributed by atoms with Crippen molar-refractivity contribution < 1.29 is 52.0 Å². The Kier molecular flexibility index (Phi) is 8.35. The van der Waals surface area contributed by atoms with E-state index < -0.39 is 66.8 Å². The van der Waals surface area contributed by atoms with Crippen LogP contribution in [0.5, 0.6) is 5.75 Å². The fraction of sp³-hybridized carbons (Fsp3) is 0.550. The molecule has 1 saturated heterocycles. The second-order valence-electron chi connectivity index (χ2n) is 6.91. The zero-order valence-corrected chi connectivity index (χ0v) is 18.1. The van der Waals surface area contributed by atoms with Crippen molar-refractivity contribution in [1.29, 1.82) is 0 Å². The van der Waals surface area contributed by atoms with Gasteiger partial charge in [0, 0.05) is 33.8 Å². The summed E-state index contributed by atoms with van der Waals surface area (Å²) in [4.78, 5) is 58.2. The molecule has 0 radical (unpaired) electrons. The first-order valence-corrected chi connectivity index (χ1v) is 9.55. The van der Waals surface area contributed by atoms with Gasteiger partial charge >= 0.3 is 29.5 Å². The predicted octanol–water partition coefficient (Wildman–Crippen LogP) is 0.410. The summed E-state index contributed by atoms with van der Waals surface area (Å²) in [6.07, 6.45) is -6.67. The van der Waals surface area contributed by atoms with Gasteiger partial charge in [0.25, 0.3) is 0 Å². The number of carbonyl (C=O) groups excluding carboxylic acids is 4. The lowest BCUT2D eigenvalue weighted by molar-refractivity contribution is -0.288. The van der Waals surface area contributed by atoms with Gasteiger partial charge in [-0.05, 0) is 6.92 Å². The minimum absolute atomic E-state index is 0.0136. The van der Waals surface area contributed by atoms with E-state index in [9.17, 15) is 24.0 Å². The van der Waals surface area contributed by atoms with Crippen molar-refractivity contribution in [2.75, 3.05) is 6.61 Å². The number of esters is 4. The molecule has 5 unspecified atom stereocenters. The first-order valence-electron chi connectivity index (χ1n) is 9.55. The maximum Gasteiger partial charge on any atom is 0.339 e. The third-order valence-corrected chi connectivity index (χ3v) is 4.07. The van der Waals surface area contributed by atoms with Gasteiger partial charge in [-0.15, -0.1) is 0 Å². The van der Waals surface area contributed by atoms with Crippen molar-refractivity contribution in [3.63, 3.8) is 0 Å². The molecule has 0 spiro atoms. The zero-order valence-electron chi connectivity index (χ0n) is 18.1. The minimum atomic E-state index is -1.43. The molecule has 32 heavy (non-hydrogen) atoms. The number of carbonyl (C=O) groups is 4. The quantitative estimate of drug-likeness (QED) is 0.412. The van der Waals surface area contributed by atoms with Gasteiger partial charge in [0.2, 0.25) is 12.4 Å². The van der Waals surface area contributed by atoms with Crippen LogP contribution in [0.25, 0.3) is 0 Å². The molecular weight excluding hydrogens is 432 g/mol. The molecule has 0 aromatic carbocycles. The van der Waals surface area contributed by atoms with Gasteiger partial charge in [0.05, 0.1) is 6.07 Å². The summed E-state index contributed by atoms with van der Waals surface area (Å²) in [5.41, 5.74) is -0.703. The summed E-state index contributed by atoms with van der Waals surface area (Å²) < 4.78 is 37.2. The van der Waals surface area contributed by atoms with Crippen LogP contribution in [-0.4, -0.2) is 61.2 Å². The molecule has 12 heteroatoms. The molecule has 1 aromatic rings. The summed E-state index contributed by atoms with van der Waals surface area (Å²) in [7, 11) is 0. The lowest BCUT2D eigenvalue weighted by Crippen LogP contribution is -2.63. The Morgan fingerprint density at radius 2 is 1.41 bits per heavy atom. The highest BCUT2D eigenvalue weighted by Gasteiger charge is 2.53. The number of hydrogen-bond donors (Lipinski definition) is 0. The van der Waals surface area contributed by atoms with E-state index in [1.54, 1.807) is 0 Å². The van der Waals surface area contributed by atoms with Crippen LogP contribution in [0.4, 0.5) is 0 Å². The molecule has 12 nitrogen and oxygen atoms in total. The minimum Gasteiger partial charge on any atom is -0.463 e. The number of aryl methyl sites for hydroxylation is 1. The fourth-order valence-electron chi connectivity index (χ4n) is 3.06. The van der Waals surface area contributed by atoms with Crippen LogP contribution in [0.1, 0.15) is 33.5 Å². The molecule has 1 aliphatic rings. The third kappa shape index (κ3) is 7.08. The summed E-state index contributed by atoms with van der Waals surface area (Å²) in [6, 6.07) is 2.41. The Morgan fingerprint density at radius 3 is 1.94 bits per heavy atom. The number of ether oxygens (including phenoxy) is 6. The van der Waals surface area contributed by atoms with Crippen LogP contribution in [-0.2, 0) is 42.9 Å². The smallest absolute Gasteiger partial charge is 0.339 e. The molecule has 0 bridgehead atoms. The van der Waals surface area contributed by atoms with Crippen molar-refractivity contribution in [1.82, 2.24) is 0 Å². The van der Waals surface area contributed by atoms with Crippen LogP contribution in [0.3, 0.4) is 0 Å². The molecule has 5 atom stereocenters. The topological polar surface area (TPSA) is 154 Å². The Labute approximate surface area is 182 Å². The van der Waals surface area contributed by atoms with Gasteiger partial charge < -0.3 is 32.8 Å². The van der Waals surface area contributed by atoms with Crippen molar-refractivity contribution in [2.24, 2.45) is 0 Å². The molecule has 0 N–H and O–H groups in total. The van der Waals surface area contributed by atoms with Gasteiger partial charge in [0.15, 0.2) is 12.2 Å². The summed E-state index contributed by atoms with van der Waals surface area (Å²) in [5, 5.41) is 0. The first kappa shape index (κ1) is 24.9. The highest BCUT2D eigenvalue weighted by atomic mass is 16.7. The molecule has 1 fully saturated rings. The predicted molar refractivity (Wildman–Crippen MR) is 102 cm³/mol. The standard InChI is InChI=1S/C20H24O12/c1-9-6-14(7-16(25)27-9)31-20-19(30-13(5)24)18(29-12(4)23)17(28-11(3)22)15(32-20)8-26-10(2)21/h6-7,15,17-20H,8H2,1-5H3. The largest absolute Gasteiger partial charge is 0.463 e. The molecule has 2 heterocycles. The second-order valence-corrected chi connectivity index (χ2v) is 6.91. The maximum atomic E-state index is 11.8. The van der Waals surface area contributed by atoms with Crippen LogP contribution in [0.15, 0.2) is 21.3 Å². The van der Waals surface area contributed by atoms with Crippen LogP contribution < -0.4 is 10.4 Å². The molecule has 1 aliphatic heterocycles. The van der Waals surface area contributed by atoms with E-state index in [4.69, 9.17) is 32.8 Å². The molecular formula is C20H24O12. The van der Waals surface area contributed by atoms with Crippen LogP contribution in [0, 0.1) is 6.92 Å². The van der Waals surface area contributed by atoms with Crippen molar-refractivity contribution in [3.05, 3.63) is 28.3 Å². The molecule has 1 aromatic heterocycles. The second kappa shape index (κ2) is 10.8. The van der Waals surface area contributed by atoms with Gasteiger partial charge in [0.1, 0.15) is 24.2 Å². The Hall–Kier alpha value is -3.41. The average Bonchev–Trinajstić information content (AvgIpc) is 2.63. The van der Waals surface area contributed by atoms with E-state index in [-0.39, 0.29) is 11.5 Å². The van der Waals surface area contributed by atoms with Gasteiger partial charge in [-0.1, -0.05) is 0 Å². The summed E-state index contributed by atoms with van der Waals surface area (Å²) in [6.45, 7) is 5.61. The monoisotopic (exact) mass is 456 g/mol. The van der Waals surface area contributed by atoms with Crippen LogP contribution >= 0.6 is 0 Å². The molecule has 2 rings (SSSR count). The Bertz CT molecular complexity index is 919. The molecule has 0 aliphatic carbocycles. The highest BCUT2D eigenvalue weighted by molar-refractivity contribution is 5.68. The van der Waals surface area contributed by atoms with E-state index in [0.717, 1.165) is 33.8 Å². The lowest BCUT2D eigenvalue weighted by atomic mass is 9.98. The highest BCUT2D eigenvalue weighted by Crippen LogP contribution is 2.30. The molecule has 0 amide bonds. The number of rotatable bonds is 7. The summed E-state index contributed by atoms with van der Waals surface area (Å²) in [5.74, 6) is -2.69. The fourth-order valence-corrected chi connectivity index (χ4v) is 3.06. The van der Waals surface area contributed by atoms with Crippen LogP contribution in [0.2, 0.25) is 0 Å². The van der Waals surface area contributed by atoms with E-state index in [2.05, 4.69) is 0 Å². The zero-order chi connectivity index (χ0) is 24.0. The van der Waals surface area contributed by atoms with Gasteiger partial charge in [-0.25, -0.2) is 4.79 Å². The average molecular weight is 456 g/mol. The third-order valence-electron chi connectivity index (χ3n) is 4.07. The van der Waals surface area contributed by atoms with Crippen molar-refractivity contribution in [2.45, 2.75) is 65.3 Å². The Morgan fingerprint density at radius 1 is 0.844 bits per heavy atom. The Balaban J connectivity index is 2.48. The maximum absolute atomic E-state index is 11.8. The van der Waals surface area contributed by atoms with E-state index >= 15 is 0 Å². The van der Waals surface area contributed by atoms with Gasteiger partial charge in [-0.2, -0.15) is 0 Å². The molecule has 176 valence electrons. The molecule has 0 saturated carbocycles. The normalized spacial score (nSPS) is 24.7. The SMILES string of the molecule is CC(=O)OCC1OC(Oc2cc(C)oc(=O)c2)C(OC(C)=O)C(OC(C)=O)C1OC(C)=O. The van der Waals surface area contributed by atoms with E-state index in [1.807, 2.05) is 0 Å². The summed E-state index contributed by atoms with van der Waals surface area (Å²) >= 11 is 0. The van der Waals surface area contributed by atoms with Crippen molar-refractivity contribution in [3.8, 4) is 5.75 Å². The number of hydrogen-bond acceptors (Lipinski definition) is 12. The first-order chi connectivity index (χ1) is 15.0. The van der Waals surface area contributed by atoms with E-state index in [1.165, 1.54) is 13.0 Å². The van der Waals surface area contributed by atoms with Gasteiger partial charge in [-0.3, -0.25) is 19.2 Å².